The number of carbonyl (C=O) groups is 1. The Hall–Kier alpha value is -0.860. The van der Waals surface area contributed by atoms with Gasteiger partial charge in [0.2, 0.25) is 0 Å². The Kier molecular flexibility index (Phi) is 6.50. The van der Waals surface area contributed by atoms with E-state index in [1.165, 1.54) is 16.3 Å². The maximum absolute atomic E-state index is 14.3. The fourth-order valence-electron chi connectivity index (χ4n) is 2.44. The van der Waals surface area contributed by atoms with Crippen molar-refractivity contribution in [1.29, 1.82) is 0 Å². The second-order valence-corrected chi connectivity index (χ2v) is 6.76. The van der Waals surface area contributed by atoms with E-state index in [2.05, 4.69) is 0 Å². The van der Waals surface area contributed by atoms with Crippen molar-refractivity contribution in [2.24, 2.45) is 5.92 Å². The van der Waals surface area contributed by atoms with Crippen LogP contribution in [0, 0.1) is 5.92 Å². The van der Waals surface area contributed by atoms with E-state index < -0.39 is 23.1 Å². The highest BCUT2D eigenvalue weighted by molar-refractivity contribution is 7.79. The Bertz CT molecular complexity index is 637. The highest BCUT2D eigenvalue weighted by Gasteiger charge is 2.50. The molecule has 1 aliphatic heterocycles. The molecule has 1 aromatic rings. The van der Waals surface area contributed by atoms with Crippen molar-refractivity contribution in [3.63, 3.8) is 0 Å². The third-order valence-electron chi connectivity index (χ3n) is 3.48. The summed E-state index contributed by atoms with van der Waals surface area (Å²) >= 11 is 22.8. The van der Waals surface area contributed by atoms with Crippen molar-refractivity contribution in [3.05, 3.63) is 23.2 Å². The quantitative estimate of drug-likeness (QED) is 0.290. The molecular formula is C14H15Cl3FN3O2S. The minimum Gasteiger partial charge on any atom is -0.492 e. The monoisotopic (exact) mass is 413 g/mol. The van der Waals surface area contributed by atoms with Gasteiger partial charge in [0.1, 0.15) is 11.9 Å². The van der Waals surface area contributed by atoms with Crippen molar-refractivity contribution in [2.75, 3.05) is 11.5 Å². The van der Waals surface area contributed by atoms with Crippen LogP contribution in [0.3, 0.4) is 0 Å². The van der Waals surface area contributed by atoms with E-state index in [9.17, 15) is 9.28 Å². The number of nitrogens with zero attached hydrogens (tertiary/aromatic N) is 3. The molecule has 0 aromatic heterocycles. The zero-order valence-corrected chi connectivity index (χ0v) is 15.9. The maximum atomic E-state index is 14.3. The van der Waals surface area contributed by atoms with Crippen LogP contribution in [0.5, 0.6) is 5.75 Å². The summed E-state index contributed by atoms with van der Waals surface area (Å²) in [5, 5.41) is 2.51. The number of thiocarbonyl (C=S) groups is 1. The summed E-state index contributed by atoms with van der Waals surface area (Å²) in [6.45, 7) is 4.00. The number of hydrazine groups is 1. The van der Waals surface area contributed by atoms with Gasteiger partial charge in [0.05, 0.1) is 11.6 Å². The molecule has 0 bridgehead atoms. The molecule has 1 heterocycles. The van der Waals surface area contributed by atoms with Crippen molar-refractivity contribution in [3.8, 4) is 5.75 Å². The van der Waals surface area contributed by atoms with Gasteiger partial charge in [-0.1, -0.05) is 63.7 Å². The lowest BCUT2D eigenvalue weighted by Crippen LogP contribution is -2.47. The number of rotatable bonds is 6. The number of hydrogen-bond acceptors (Lipinski definition) is 4. The maximum Gasteiger partial charge on any atom is 0.369 e. The van der Waals surface area contributed by atoms with E-state index in [0.29, 0.717) is 23.1 Å². The zero-order valence-electron chi connectivity index (χ0n) is 12.8. The lowest BCUT2D eigenvalue weighted by molar-refractivity contribution is -0.115. The first-order valence-electron chi connectivity index (χ1n) is 7.06. The average Bonchev–Trinajstić information content (AvgIpc) is 2.81. The first-order valence-corrected chi connectivity index (χ1v) is 8.78. The third kappa shape index (κ3) is 3.55. The molecule has 0 saturated carbocycles. The number of amides is 2. The van der Waals surface area contributed by atoms with Crippen molar-refractivity contribution in [2.45, 2.75) is 25.0 Å². The number of halogens is 4. The van der Waals surface area contributed by atoms with E-state index in [1.807, 2.05) is 6.92 Å². The van der Waals surface area contributed by atoms with Gasteiger partial charge in [-0.2, -0.15) is 0 Å². The Morgan fingerprint density at radius 2 is 2.12 bits per heavy atom. The molecule has 132 valence electrons. The smallest absolute Gasteiger partial charge is 0.369 e. The van der Waals surface area contributed by atoms with Gasteiger partial charge < -0.3 is 4.74 Å². The molecule has 0 N–H and O–H groups in total. The number of carbonyl (C=O) groups excluding carboxylic acids is 1. The molecule has 2 rings (SSSR count). The standard InChI is InChI=1S/C14H15Cl3FN3O2S/c1-3-23-11-5-4-9(6-10(11)15)19-12(8(2)7-24)20(13(16)17)21(18)14(19)22/h4-8,12-13H,3H2,1-2H3. The second-order valence-electron chi connectivity index (χ2n) is 5.03. The summed E-state index contributed by atoms with van der Waals surface area (Å²) in [6, 6.07) is 3.79. The van der Waals surface area contributed by atoms with Crippen molar-refractivity contribution in [1.82, 2.24) is 10.2 Å². The van der Waals surface area contributed by atoms with Gasteiger partial charge in [0, 0.05) is 11.6 Å². The SMILES string of the molecule is CCOc1ccc(N2C(=O)N(F)N(C(Cl)Cl)C2C(C)C=S)cc1Cl. The van der Waals surface area contributed by atoms with Crippen LogP contribution in [0.25, 0.3) is 0 Å². The van der Waals surface area contributed by atoms with Gasteiger partial charge in [0.25, 0.3) is 0 Å². The fourth-order valence-corrected chi connectivity index (χ4v) is 3.19. The number of urea groups is 1. The second kappa shape index (κ2) is 8.01. The summed E-state index contributed by atoms with van der Waals surface area (Å²) < 4.78 is 19.7. The molecule has 1 aromatic carbocycles. The lowest BCUT2D eigenvalue weighted by Gasteiger charge is -2.31. The fraction of sp³-hybridized carbons (Fsp3) is 0.429. The van der Waals surface area contributed by atoms with E-state index in [-0.39, 0.29) is 5.23 Å². The number of alkyl halides is 2. The Balaban J connectivity index is 2.47. The topological polar surface area (TPSA) is 36.0 Å². The van der Waals surface area contributed by atoms with Crippen LogP contribution in [-0.2, 0) is 0 Å². The van der Waals surface area contributed by atoms with E-state index in [1.54, 1.807) is 19.1 Å². The van der Waals surface area contributed by atoms with Crippen LogP contribution in [0.2, 0.25) is 5.02 Å². The van der Waals surface area contributed by atoms with E-state index >= 15 is 0 Å². The summed E-state index contributed by atoms with van der Waals surface area (Å²) in [6.07, 6.45) is -0.825. The minimum atomic E-state index is -1.27. The molecular weight excluding hydrogens is 400 g/mol. The van der Waals surface area contributed by atoms with Crippen molar-refractivity contribution < 1.29 is 14.0 Å². The van der Waals surface area contributed by atoms with Gasteiger partial charge >= 0.3 is 6.03 Å². The molecule has 1 aliphatic rings. The predicted molar refractivity (Wildman–Crippen MR) is 97.4 cm³/mol. The van der Waals surface area contributed by atoms with Crippen LogP contribution >= 0.6 is 47.0 Å². The highest BCUT2D eigenvalue weighted by atomic mass is 35.5. The minimum absolute atomic E-state index is 0.116. The Labute approximate surface area is 159 Å². The summed E-state index contributed by atoms with van der Waals surface area (Å²) in [4.78, 5) is 12.3. The number of benzene rings is 1. The van der Waals surface area contributed by atoms with Crippen LogP contribution in [-0.4, -0.2) is 39.4 Å². The normalized spacial score (nSPS) is 20.0. The molecule has 24 heavy (non-hydrogen) atoms. The van der Waals surface area contributed by atoms with E-state index in [0.717, 1.165) is 5.01 Å². The summed E-state index contributed by atoms with van der Waals surface area (Å²) in [7, 11) is 0. The molecule has 10 heteroatoms. The van der Waals surface area contributed by atoms with Gasteiger partial charge in [-0.25, -0.2) is 4.79 Å². The number of ether oxygens (including phenoxy) is 1. The van der Waals surface area contributed by atoms with Gasteiger partial charge in [-0.3, -0.25) is 4.90 Å². The van der Waals surface area contributed by atoms with E-state index in [4.69, 9.17) is 51.8 Å². The Morgan fingerprint density at radius 1 is 1.46 bits per heavy atom. The van der Waals surface area contributed by atoms with Crippen LogP contribution < -0.4 is 9.64 Å². The zero-order chi connectivity index (χ0) is 18.0. The lowest BCUT2D eigenvalue weighted by atomic mass is 10.1. The molecule has 0 aliphatic carbocycles. The van der Waals surface area contributed by atoms with Crippen LogP contribution in [0.4, 0.5) is 15.0 Å². The third-order valence-corrected chi connectivity index (χ3v) is 4.61. The molecule has 5 nitrogen and oxygen atoms in total. The predicted octanol–water partition coefficient (Wildman–Crippen LogP) is 4.81. The largest absolute Gasteiger partial charge is 0.492 e. The molecule has 2 atom stereocenters. The van der Waals surface area contributed by atoms with Gasteiger partial charge in [-0.15, -0.1) is 5.01 Å². The molecule has 1 fully saturated rings. The first kappa shape index (κ1) is 19.5. The molecule has 1 saturated heterocycles. The van der Waals surface area contributed by atoms with Crippen molar-refractivity contribution >= 4 is 64.1 Å². The molecule has 2 amide bonds. The molecule has 0 spiro atoms. The first-order chi connectivity index (χ1) is 11.3. The summed E-state index contributed by atoms with van der Waals surface area (Å²) in [5.41, 5.74) is 0.376. The van der Waals surface area contributed by atoms with Gasteiger partial charge in [-0.05, 0) is 30.5 Å². The van der Waals surface area contributed by atoms with Gasteiger partial charge in [0.15, 0.2) is 4.96 Å². The molecule has 0 radical (unpaired) electrons. The molecule has 2 unspecified atom stereocenters. The average molecular weight is 415 g/mol. The highest BCUT2D eigenvalue weighted by Crippen LogP contribution is 2.38. The Morgan fingerprint density at radius 3 is 2.62 bits per heavy atom. The summed E-state index contributed by atoms with van der Waals surface area (Å²) in [5.74, 6) is 0.0746. The number of anilines is 1. The van der Waals surface area contributed by atoms with Crippen LogP contribution in [0.1, 0.15) is 13.8 Å². The number of hydrogen-bond donors (Lipinski definition) is 0. The van der Waals surface area contributed by atoms with Crippen LogP contribution in [0.15, 0.2) is 18.2 Å².